The van der Waals surface area contributed by atoms with Crippen molar-refractivity contribution in [1.29, 1.82) is 0 Å². The van der Waals surface area contributed by atoms with Gasteiger partial charge in [0.1, 0.15) is 12.4 Å². The van der Waals surface area contributed by atoms with Gasteiger partial charge in [-0.1, -0.05) is 67.5 Å². The highest BCUT2D eigenvalue weighted by atomic mass is 16.7. The Morgan fingerprint density at radius 1 is 1.12 bits per heavy atom. The van der Waals surface area contributed by atoms with Crippen LogP contribution < -0.4 is 9.64 Å². The number of benzene rings is 3. The second-order valence-corrected chi connectivity index (χ2v) is 8.48. The molecule has 0 aliphatic carbocycles. The van der Waals surface area contributed by atoms with Gasteiger partial charge in [-0.2, -0.15) is 0 Å². The summed E-state index contributed by atoms with van der Waals surface area (Å²) in [6.45, 7) is 3.72. The van der Waals surface area contributed by atoms with Gasteiger partial charge in [0.25, 0.3) is 5.60 Å². The van der Waals surface area contributed by atoms with E-state index in [1.54, 1.807) is 29.2 Å². The molecular formula is C26H26N2O5. The number of rotatable bonds is 9. The van der Waals surface area contributed by atoms with Gasteiger partial charge in [-0.05, 0) is 41.0 Å². The zero-order valence-electron chi connectivity index (χ0n) is 18.5. The number of carbonyl (C=O) groups is 2. The van der Waals surface area contributed by atoms with Crippen molar-refractivity contribution in [2.24, 2.45) is 11.1 Å². The van der Waals surface area contributed by atoms with Crippen LogP contribution >= 0.6 is 0 Å². The first-order valence-corrected chi connectivity index (χ1v) is 10.8. The summed E-state index contributed by atoms with van der Waals surface area (Å²) >= 11 is 0. The lowest BCUT2D eigenvalue weighted by Crippen LogP contribution is -2.49. The van der Waals surface area contributed by atoms with Gasteiger partial charge >= 0.3 is 5.97 Å². The lowest BCUT2D eigenvalue weighted by atomic mass is 9.89. The minimum atomic E-state index is -1.66. The molecule has 0 saturated carbocycles. The average Bonchev–Trinajstić information content (AvgIpc) is 3.26. The van der Waals surface area contributed by atoms with Crippen LogP contribution in [0.1, 0.15) is 20.3 Å². The Kier molecular flexibility index (Phi) is 6.31. The molecule has 1 unspecified atom stereocenters. The highest BCUT2D eigenvalue weighted by Crippen LogP contribution is 2.32. The van der Waals surface area contributed by atoms with E-state index < -0.39 is 17.6 Å². The Morgan fingerprint density at radius 3 is 2.48 bits per heavy atom. The maximum atomic E-state index is 12.2. The third-order valence-corrected chi connectivity index (χ3v) is 5.83. The zero-order valence-corrected chi connectivity index (χ0v) is 18.5. The fourth-order valence-corrected chi connectivity index (χ4v) is 4.12. The van der Waals surface area contributed by atoms with Crippen LogP contribution in [0.25, 0.3) is 10.8 Å². The first kappa shape index (κ1) is 22.3. The molecule has 1 amide bonds. The van der Waals surface area contributed by atoms with Gasteiger partial charge in [0.2, 0.25) is 6.41 Å². The van der Waals surface area contributed by atoms with E-state index in [0.717, 1.165) is 17.2 Å². The normalized spacial score (nSPS) is 18.5. The van der Waals surface area contributed by atoms with Crippen molar-refractivity contribution in [1.82, 2.24) is 0 Å². The number of ether oxygens (including phenoxy) is 1. The van der Waals surface area contributed by atoms with E-state index in [9.17, 15) is 14.7 Å². The Bertz CT molecular complexity index is 1180. The van der Waals surface area contributed by atoms with E-state index in [2.05, 4.69) is 5.16 Å². The van der Waals surface area contributed by atoms with Gasteiger partial charge in [0.15, 0.2) is 0 Å². The van der Waals surface area contributed by atoms with E-state index >= 15 is 0 Å². The molecule has 1 N–H and O–H groups in total. The number of aliphatic carboxylic acids is 1. The maximum Gasteiger partial charge on any atom is 0.355 e. The number of oxime groups is 1. The van der Waals surface area contributed by atoms with Crippen molar-refractivity contribution in [2.75, 3.05) is 11.5 Å². The van der Waals surface area contributed by atoms with Gasteiger partial charge in [0, 0.05) is 12.1 Å². The van der Waals surface area contributed by atoms with Crippen molar-refractivity contribution >= 4 is 34.6 Å². The Morgan fingerprint density at radius 2 is 1.82 bits per heavy atom. The second kappa shape index (κ2) is 9.32. The van der Waals surface area contributed by atoms with E-state index in [1.807, 2.05) is 62.4 Å². The first-order valence-electron chi connectivity index (χ1n) is 10.8. The fraction of sp³-hybridized carbons (Fsp3) is 0.269. The van der Waals surface area contributed by atoms with Crippen molar-refractivity contribution in [2.45, 2.75) is 31.9 Å². The van der Waals surface area contributed by atoms with Crippen LogP contribution in [-0.2, 0) is 14.4 Å². The number of hydrogen-bond acceptors (Lipinski definition) is 5. The minimum Gasteiger partial charge on any atom is -0.489 e. The molecule has 0 aromatic heterocycles. The number of amides is 1. The SMILES string of the molecule is CC(C)[C@@H](C1=NOC(COc2ccccc2)(C(=O)O)C1)N(C=O)c1ccc2ccccc2c1. The molecule has 1 aliphatic rings. The fourth-order valence-electron chi connectivity index (χ4n) is 4.12. The number of carbonyl (C=O) groups excluding carboxylic acids is 1. The van der Waals surface area contributed by atoms with Gasteiger partial charge in [0.05, 0.1) is 11.8 Å². The number of fused-ring (bicyclic) bond motifs is 1. The number of nitrogens with zero attached hydrogens (tertiary/aromatic N) is 2. The molecule has 1 aliphatic heterocycles. The Hall–Kier alpha value is -3.87. The lowest BCUT2D eigenvalue weighted by Gasteiger charge is -2.31. The van der Waals surface area contributed by atoms with Crippen LogP contribution in [0, 0.1) is 5.92 Å². The number of anilines is 1. The van der Waals surface area contributed by atoms with Crippen molar-refractivity contribution in [3.05, 3.63) is 72.8 Å². The van der Waals surface area contributed by atoms with Crippen LogP contribution in [0.2, 0.25) is 0 Å². The van der Waals surface area contributed by atoms with E-state index in [-0.39, 0.29) is 18.9 Å². The largest absolute Gasteiger partial charge is 0.489 e. The number of carboxylic acids is 1. The van der Waals surface area contributed by atoms with Crippen LogP contribution in [0.4, 0.5) is 5.69 Å². The molecule has 3 aromatic rings. The average molecular weight is 447 g/mol. The molecule has 33 heavy (non-hydrogen) atoms. The van der Waals surface area contributed by atoms with Gasteiger partial charge in [-0.3, -0.25) is 4.79 Å². The zero-order chi connectivity index (χ0) is 23.4. The molecular weight excluding hydrogens is 420 g/mol. The number of carboxylic acid groups (broad SMARTS) is 1. The van der Waals surface area contributed by atoms with Gasteiger partial charge < -0.3 is 19.6 Å². The molecule has 3 aromatic carbocycles. The predicted octanol–water partition coefficient (Wildman–Crippen LogP) is 4.51. The molecule has 170 valence electrons. The molecule has 7 nitrogen and oxygen atoms in total. The summed E-state index contributed by atoms with van der Waals surface area (Å²) in [5.74, 6) is -0.659. The van der Waals surface area contributed by atoms with Crippen LogP contribution in [0.15, 0.2) is 78.0 Å². The number of hydrogen-bond donors (Lipinski definition) is 1. The summed E-state index contributed by atoms with van der Waals surface area (Å²) < 4.78 is 5.70. The highest BCUT2D eigenvalue weighted by Gasteiger charge is 2.50. The Balaban J connectivity index is 1.60. The summed E-state index contributed by atoms with van der Waals surface area (Å²) in [6.07, 6.45) is 0.772. The van der Waals surface area contributed by atoms with Gasteiger partial charge in [-0.15, -0.1) is 0 Å². The molecule has 0 fully saturated rings. The molecule has 7 heteroatoms. The molecule has 0 radical (unpaired) electrons. The predicted molar refractivity (Wildman–Crippen MR) is 127 cm³/mol. The summed E-state index contributed by atoms with van der Waals surface area (Å²) in [4.78, 5) is 31.5. The van der Waals surface area contributed by atoms with Crippen molar-refractivity contribution in [3.63, 3.8) is 0 Å². The van der Waals surface area contributed by atoms with Crippen molar-refractivity contribution < 1.29 is 24.3 Å². The van der Waals surface area contributed by atoms with Gasteiger partial charge in [-0.25, -0.2) is 4.79 Å². The lowest BCUT2D eigenvalue weighted by molar-refractivity contribution is -0.166. The third-order valence-electron chi connectivity index (χ3n) is 5.83. The van der Waals surface area contributed by atoms with E-state index in [4.69, 9.17) is 9.57 Å². The first-order chi connectivity index (χ1) is 15.9. The monoisotopic (exact) mass is 446 g/mol. The quantitative estimate of drug-likeness (QED) is 0.489. The molecule has 1 heterocycles. The molecule has 4 rings (SSSR count). The van der Waals surface area contributed by atoms with Crippen LogP contribution in [0.3, 0.4) is 0 Å². The maximum absolute atomic E-state index is 12.2. The van der Waals surface area contributed by atoms with Crippen molar-refractivity contribution in [3.8, 4) is 5.75 Å². The highest BCUT2D eigenvalue weighted by molar-refractivity contribution is 6.02. The second-order valence-electron chi connectivity index (χ2n) is 8.48. The topological polar surface area (TPSA) is 88.4 Å². The molecule has 0 saturated heterocycles. The molecule has 0 spiro atoms. The molecule has 0 bridgehead atoms. The number of para-hydroxylation sites is 1. The summed E-state index contributed by atoms with van der Waals surface area (Å²) in [5.41, 5.74) is -0.459. The summed E-state index contributed by atoms with van der Waals surface area (Å²) in [6, 6.07) is 22.2. The standard InChI is InChI=1S/C26H26N2O5/c1-18(2)24(28(17-29)21-13-12-19-8-6-7-9-20(19)14-21)23-15-26(25(30)31,33-27-23)16-32-22-10-4-3-5-11-22/h3-14,17-18,24H,15-16H2,1-2H3,(H,30,31)/t24-,26?/m0/s1. The van der Waals surface area contributed by atoms with Crippen LogP contribution in [0.5, 0.6) is 5.75 Å². The van der Waals surface area contributed by atoms with Crippen LogP contribution in [-0.4, -0.2) is 41.4 Å². The van der Waals surface area contributed by atoms with E-state index in [1.165, 1.54) is 0 Å². The summed E-state index contributed by atoms with van der Waals surface area (Å²) in [5, 5.41) is 16.2. The van der Waals surface area contributed by atoms with E-state index in [0.29, 0.717) is 17.1 Å². The smallest absolute Gasteiger partial charge is 0.355 e. The third kappa shape index (κ3) is 4.53. The Labute approximate surface area is 192 Å². The minimum absolute atomic E-state index is 0.00986. The summed E-state index contributed by atoms with van der Waals surface area (Å²) in [7, 11) is 0. The molecule has 2 atom stereocenters.